The van der Waals surface area contributed by atoms with Crippen molar-refractivity contribution >= 4 is 28.2 Å². The Morgan fingerprint density at radius 3 is 2.81 bits per heavy atom. The molecule has 0 spiro atoms. The highest BCUT2D eigenvalue weighted by atomic mass is 32.2. The molecule has 0 amide bonds. The summed E-state index contributed by atoms with van der Waals surface area (Å²) in [6.07, 6.45) is 3.51. The van der Waals surface area contributed by atoms with E-state index in [0.717, 1.165) is 20.6 Å². The molecule has 1 aromatic heterocycles. The lowest BCUT2D eigenvalue weighted by atomic mass is 10.2. The number of fused-ring (bicyclic) bond motifs is 1. The number of aromatic nitrogens is 1. The van der Waals surface area contributed by atoms with Crippen LogP contribution in [0, 0.1) is 10.1 Å². The second-order valence-corrected chi connectivity index (χ2v) is 5.48. The molecule has 104 valence electrons. The van der Waals surface area contributed by atoms with Crippen molar-refractivity contribution in [3.8, 4) is 5.75 Å². The molecule has 3 rings (SSSR count). The van der Waals surface area contributed by atoms with Crippen LogP contribution in [0.3, 0.4) is 0 Å². The maximum Gasteiger partial charge on any atom is 0.310 e. The highest BCUT2D eigenvalue weighted by Crippen LogP contribution is 2.37. The summed E-state index contributed by atoms with van der Waals surface area (Å²) in [5, 5.41) is 22.5. The minimum Gasteiger partial charge on any atom is -0.502 e. The van der Waals surface area contributed by atoms with Gasteiger partial charge in [0.1, 0.15) is 0 Å². The van der Waals surface area contributed by atoms with Crippen LogP contribution < -0.4 is 0 Å². The van der Waals surface area contributed by atoms with Crippen LogP contribution in [0.5, 0.6) is 5.75 Å². The first-order valence-electron chi connectivity index (χ1n) is 6.13. The topological polar surface area (TPSA) is 76.3 Å². The quantitative estimate of drug-likeness (QED) is 0.584. The van der Waals surface area contributed by atoms with E-state index >= 15 is 0 Å². The van der Waals surface area contributed by atoms with Crippen LogP contribution in [0.25, 0.3) is 10.8 Å². The zero-order valence-electron chi connectivity index (χ0n) is 10.8. The van der Waals surface area contributed by atoms with E-state index in [1.54, 1.807) is 18.5 Å². The molecule has 0 aliphatic rings. The van der Waals surface area contributed by atoms with Gasteiger partial charge < -0.3 is 5.11 Å². The van der Waals surface area contributed by atoms with Crippen LogP contribution in [0.2, 0.25) is 0 Å². The number of hydrogen-bond acceptors (Lipinski definition) is 5. The molecule has 0 atom stereocenters. The Morgan fingerprint density at radius 2 is 2.05 bits per heavy atom. The lowest BCUT2D eigenvalue weighted by molar-refractivity contribution is -0.385. The van der Waals surface area contributed by atoms with Crippen LogP contribution in [-0.2, 0) is 0 Å². The van der Waals surface area contributed by atoms with Gasteiger partial charge in [0.2, 0.25) is 0 Å². The van der Waals surface area contributed by atoms with E-state index in [1.165, 1.54) is 23.9 Å². The third-order valence-electron chi connectivity index (χ3n) is 3.01. The highest BCUT2D eigenvalue weighted by Gasteiger charge is 2.13. The van der Waals surface area contributed by atoms with Gasteiger partial charge >= 0.3 is 5.69 Å². The van der Waals surface area contributed by atoms with Crippen molar-refractivity contribution in [3.63, 3.8) is 0 Å². The van der Waals surface area contributed by atoms with Crippen molar-refractivity contribution in [3.05, 3.63) is 65.0 Å². The minimum atomic E-state index is -0.604. The van der Waals surface area contributed by atoms with Crippen molar-refractivity contribution in [1.29, 1.82) is 0 Å². The van der Waals surface area contributed by atoms with Crippen molar-refractivity contribution in [2.75, 3.05) is 0 Å². The maximum atomic E-state index is 10.7. The molecule has 0 bridgehead atoms. The van der Waals surface area contributed by atoms with Gasteiger partial charge in [-0.3, -0.25) is 15.1 Å². The molecular weight excluding hydrogens is 288 g/mol. The number of hydrogen-bond donors (Lipinski definition) is 1. The van der Waals surface area contributed by atoms with E-state index in [0.29, 0.717) is 0 Å². The third kappa shape index (κ3) is 2.66. The SMILES string of the molecule is O=[N+]([O-])c1ccc(Sc2cccc3cnccc23)cc1O. The Morgan fingerprint density at radius 1 is 1.19 bits per heavy atom. The van der Waals surface area contributed by atoms with Crippen molar-refractivity contribution in [1.82, 2.24) is 4.98 Å². The van der Waals surface area contributed by atoms with Gasteiger partial charge in [-0.1, -0.05) is 23.9 Å². The molecule has 3 aromatic rings. The molecule has 1 heterocycles. The predicted octanol–water partition coefficient (Wildman–Crippen LogP) is 4.00. The van der Waals surface area contributed by atoms with Crippen molar-refractivity contribution in [2.45, 2.75) is 9.79 Å². The fourth-order valence-corrected chi connectivity index (χ4v) is 3.03. The average molecular weight is 298 g/mol. The van der Waals surface area contributed by atoms with Crippen molar-refractivity contribution < 1.29 is 10.0 Å². The van der Waals surface area contributed by atoms with E-state index < -0.39 is 4.92 Å². The number of aromatic hydroxyl groups is 1. The van der Waals surface area contributed by atoms with Gasteiger partial charge in [0, 0.05) is 39.7 Å². The molecular formula is C15H10N2O3S. The summed E-state index contributed by atoms with van der Waals surface area (Å²) in [5.41, 5.74) is -0.290. The zero-order valence-corrected chi connectivity index (χ0v) is 11.6. The first-order valence-corrected chi connectivity index (χ1v) is 6.95. The largest absolute Gasteiger partial charge is 0.502 e. The lowest BCUT2D eigenvalue weighted by Crippen LogP contribution is -1.88. The second-order valence-electron chi connectivity index (χ2n) is 4.36. The summed E-state index contributed by atoms with van der Waals surface area (Å²) in [5.74, 6) is -0.327. The van der Waals surface area contributed by atoms with Gasteiger partial charge in [-0.2, -0.15) is 0 Å². The summed E-state index contributed by atoms with van der Waals surface area (Å²) in [6, 6.07) is 12.1. The molecule has 0 saturated heterocycles. The van der Waals surface area contributed by atoms with Crippen LogP contribution in [0.4, 0.5) is 5.69 Å². The summed E-state index contributed by atoms with van der Waals surface area (Å²) in [4.78, 5) is 15.9. The van der Waals surface area contributed by atoms with Gasteiger partial charge in [0.25, 0.3) is 0 Å². The molecule has 21 heavy (non-hydrogen) atoms. The second kappa shape index (κ2) is 5.41. The molecule has 0 saturated carbocycles. The molecule has 0 aliphatic carbocycles. The smallest absolute Gasteiger partial charge is 0.310 e. The van der Waals surface area contributed by atoms with Crippen LogP contribution >= 0.6 is 11.8 Å². The Hall–Kier alpha value is -2.60. The molecule has 5 nitrogen and oxygen atoms in total. The van der Waals surface area contributed by atoms with Gasteiger partial charge in [-0.05, 0) is 23.6 Å². The summed E-state index contributed by atoms with van der Waals surface area (Å²) >= 11 is 1.44. The van der Waals surface area contributed by atoms with Gasteiger partial charge in [-0.25, -0.2) is 0 Å². The first kappa shape index (κ1) is 13.4. The van der Waals surface area contributed by atoms with E-state index in [9.17, 15) is 15.2 Å². The molecule has 0 radical (unpaired) electrons. The molecule has 1 N–H and O–H groups in total. The number of benzene rings is 2. The van der Waals surface area contributed by atoms with Crippen LogP contribution in [-0.4, -0.2) is 15.0 Å². The van der Waals surface area contributed by atoms with Crippen molar-refractivity contribution in [2.24, 2.45) is 0 Å². The monoisotopic (exact) mass is 298 g/mol. The molecule has 6 heteroatoms. The lowest BCUT2D eigenvalue weighted by Gasteiger charge is -2.06. The maximum absolute atomic E-state index is 10.7. The molecule has 0 unspecified atom stereocenters. The van der Waals surface area contributed by atoms with E-state index in [4.69, 9.17) is 0 Å². The average Bonchev–Trinajstić information content (AvgIpc) is 2.47. The minimum absolute atomic E-state index is 0.290. The van der Waals surface area contributed by atoms with Crippen LogP contribution in [0.15, 0.2) is 64.6 Å². The normalized spacial score (nSPS) is 10.7. The van der Waals surface area contributed by atoms with E-state index in [1.807, 2.05) is 24.3 Å². The number of phenolic OH excluding ortho intramolecular Hbond substituents is 1. The molecule has 2 aromatic carbocycles. The fraction of sp³-hybridized carbons (Fsp3) is 0. The van der Waals surface area contributed by atoms with E-state index in [-0.39, 0.29) is 11.4 Å². The Bertz CT molecular complexity index is 831. The van der Waals surface area contributed by atoms with Gasteiger partial charge in [0.15, 0.2) is 5.75 Å². The number of nitrogens with zero attached hydrogens (tertiary/aromatic N) is 2. The third-order valence-corrected chi connectivity index (χ3v) is 4.08. The zero-order chi connectivity index (χ0) is 14.8. The number of nitro benzene ring substituents is 1. The molecule has 0 fully saturated rings. The number of phenols is 1. The molecule has 0 aliphatic heterocycles. The fourth-order valence-electron chi connectivity index (χ4n) is 2.03. The number of rotatable bonds is 3. The number of nitro groups is 1. The standard InChI is InChI=1S/C15H10N2O3S/c18-14-8-11(4-5-13(14)17(19)20)21-15-3-1-2-10-9-16-7-6-12(10)15/h1-9,18H. The first-order chi connectivity index (χ1) is 10.1. The Balaban J connectivity index is 1.99. The summed E-state index contributed by atoms with van der Waals surface area (Å²) in [6.45, 7) is 0. The van der Waals surface area contributed by atoms with Gasteiger partial charge in [-0.15, -0.1) is 0 Å². The Kier molecular flexibility index (Phi) is 3.45. The summed E-state index contributed by atoms with van der Waals surface area (Å²) in [7, 11) is 0. The highest BCUT2D eigenvalue weighted by molar-refractivity contribution is 7.99. The van der Waals surface area contributed by atoms with Crippen LogP contribution in [0.1, 0.15) is 0 Å². The predicted molar refractivity (Wildman–Crippen MR) is 80.6 cm³/mol. The number of pyridine rings is 1. The summed E-state index contributed by atoms with van der Waals surface area (Å²) < 4.78 is 0. The van der Waals surface area contributed by atoms with E-state index in [2.05, 4.69) is 4.98 Å². The van der Waals surface area contributed by atoms with Gasteiger partial charge in [0.05, 0.1) is 4.92 Å². The Labute approximate surface area is 124 Å².